The topological polar surface area (TPSA) is 71.3 Å². The third-order valence-electron chi connectivity index (χ3n) is 3.12. The number of nitrogens with zero attached hydrogens (tertiary/aromatic N) is 1. The van der Waals surface area contributed by atoms with E-state index in [4.69, 9.17) is 0 Å². The number of aromatic nitrogens is 1. The van der Waals surface area contributed by atoms with Crippen LogP contribution in [0.3, 0.4) is 0 Å². The summed E-state index contributed by atoms with van der Waals surface area (Å²) in [4.78, 5) is 23.2. The van der Waals surface area contributed by atoms with E-state index in [1.54, 1.807) is 29.8 Å². The molecule has 0 fully saturated rings. The Kier molecular flexibility index (Phi) is 3.55. The average molecular weight is 260 g/mol. The zero-order valence-corrected chi connectivity index (χ0v) is 10.9. The maximum absolute atomic E-state index is 11.9. The number of hydrogen-bond donors (Lipinski definition) is 2. The van der Waals surface area contributed by atoms with Gasteiger partial charge < -0.3 is 15.0 Å². The highest BCUT2D eigenvalue weighted by Gasteiger charge is 2.19. The Morgan fingerprint density at radius 3 is 2.74 bits per heavy atom. The first-order valence-electron chi connectivity index (χ1n) is 6.16. The van der Waals surface area contributed by atoms with Crippen LogP contribution in [0.1, 0.15) is 30.2 Å². The summed E-state index contributed by atoms with van der Waals surface area (Å²) in [5.74, 6) is -1.12. The van der Waals surface area contributed by atoms with Crippen molar-refractivity contribution in [2.75, 3.05) is 6.54 Å². The molecule has 0 saturated heterocycles. The number of nitrogens with one attached hydrogen (secondary N) is 1. The lowest BCUT2D eigenvalue weighted by Crippen LogP contribution is -2.30. The van der Waals surface area contributed by atoms with Gasteiger partial charge in [0, 0.05) is 18.1 Å². The highest BCUT2D eigenvalue weighted by molar-refractivity contribution is 6.02. The normalized spacial score (nSPS) is 12.3. The quantitative estimate of drug-likeness (QED) is 0.883. The number of carboxylic acid groups (broad SMARTS) is 1. The summed E-state index contributed by atoms with van der Waals surface area (Å²) >= 11 is 0. The van der Waals surface area contributed by atoms with Crippen molar-refractivity contribution in [2.24, 2.45) is 0 Å². The molecule has 2 rings (SSSR count). The number of carbonyl (C=O) groups excluding carboxylic acids is 1. The van der Waals surface area contributed by atoms with Gasteiger partial charge in [0.05, 0.1) is 11.1 Å². The van der Waals surface area contributed by atoms with Gasteiger partial charge in [-0.1, -0.05) is 12.1 Å². The molecule has 1 amide bonds. The molecule has 0 aliphatic heterocycles. The molecule has 0 spiro atoms. The number of benzene rings is 1. The average Bonchev–Trinajstić information content (AvgIpc) is 2.81. The van der Waals surface area contributed by atoms with Crippen LogP contribution in [-0.2, 0) is 4.79 Å². The Morgan fingerprint density at radius 1 is 1.37 bits per heavy atom. The Balaban J connectivity index is 2.55. The van der Waals surface area contributed by atoms with E-state index in [0.717, 1.165) is 5.39 Å². The molecule has 2 aromatic rings. The van der Waals surface area contributed by atoms with Crippen LogP contribution in [0, 0.1) is 0 Å². The van der Waals surface area contributed by atoms with Crippen molar-refractivity contribution in [1.29, 1.82) is 0 Å². The highest BCUT2D eigenvalue weighted by Crippen LogP contribution is 2.24. The van der Waals surface area contributed by atoms with Crippen LogP contribution in [0.5, 0.6) is 0 Å². The van der Waals surface area contributed by atoms with Crippen molar-refractivity contribution in [1.82, 2.24) is 9.88 Å². The van der Waals surface area contributed by atoms with Crippen molar-refractivity contribution in [3.8, 4) is 0 Å². The van der Waals surface area contributed by atoms with E-state index in [1.807, 2.05) is 19.1 Å². The minimum atomic E-state index is -0.992. The Bertz CT molecular complexity index is 631. The molecular weight excluding hydrogens is 244 g/mol. The van der Waals surface area contributed by atoms with Gasteiger partial charge in [-0.2, -0.15) is 0 Å². The van der Waals surface area contributed by atoms with E-state index < -0.39 is 12.0 Å². The molecule has 2 N–H and O–H groups in total. The van der Waals surface area contributed by atoms with E-state index in [-0.39, 0.29) is 11.5 Å². The SMILES string of the molecule is CCNC(=O)C(C)n1ccc2cccc(C(=O)O)c21. The van der Waals surface area contributed by atoms with Crippen LogP contribution in [0.4, 0.5) is 0 Å². The van der Waals surface area contributed by atoms with Crippen LogP contribution in [-0.4, -0.2) is 28.1 Å². The van der Waals surface area contributed by atoms with Crippen molar-refractivity contribution in [3.05, 3.63) is 36.0 Å². The van der Waals surface area contributed by atoms with Crippen molar-refractivity contribution in [2.45, 2.75) is 19.9 Å². The lowest BCUT2D eigenvalue weighted by molar-refractivity contribution is -0.123. The molecule has 1 aromatic heterocycles. The van der Waals surface area contributed by atoms with Gasteiger partial charge in [-0.3, -0.25) is 4.79 Å². The van der Waals surface area contributed by atoms with Crippen LogP contribution >= 0.6 is 0 Å². The maximum Gasteiger partial charge on any atom is 0.337 e. The van der Waals surface area contributed by atoms with Gasteiger partial charge in [-0.15, -0.1) is 0 Å². The van der Waals surface area contributed by atoms with Gasteiger partial charge in [0.15, 0.2) is 0 Å². The second-order valence-electron chi connectivity index (χ2n) is 4.34. The molecule has 1 heterocycles. The largest absolute Gasteiger partial charge is 0.478 e. The lowest BCUT2D eigenvalue weighted by atomic mass is 10.1. The molecule has 0 radical (unpaired) electrons. The standard InChI is InChI=1S/C14H16N2O3/c1-3-15-13(17)9(2)16-8-7-10-5-4-6-11(12(10)16)14(18)19/h4-9H,3H2,1-2H3,(H,15,17)(H,18,19). The molecule has 100 valence electrons. The molecule has 0 aliphatic carbocycles. The lowest BCUT2D eigenvalue weighted by Gasteiger charge is -2.15. The number of fused-ring (bicyclic) bond motifs is 1. The zero-order valence-electron chi connectivity index (χ0n) is 10.9. The molecule has 0 bridgehead atoms. The highest BCUT2D eigenvalue weighted by atomic mass is 16.4. The van der Waals surface area contributed by atoms with Gasteiger partial charge in [0.2, 0.25) is 5.91 Å². The second-order valence-corrected chi connectivity index (χ2v) is 4.34. The first-order valence-corrected chi connectivity index (χ1v) is 6.16. The van der Waals surface area contributed by atoms with E-state index in [0.29, 0.717) is 12.1 Å². The first kappa shape index (κ1) is 13.1. The summed E-state index contributed by atoms with van der Waals surface area (Å²) in [5, 5.41) is 12.8. The van der Waals surface area contributed by atoms with E-state index in [9.17, 15) is 14.7 Å². The number of para-hydroxylation sites is 1. The van der Waals surface area contributed by atoms with Crippen LogP contribution in [0.2, 0.25) is 0 Å². The molecule has 5 nitrogen and oxygen atoms in total. The smallest absolute Gasteiger partial charge is 0.337 e. The fourth-order valence-corrected chi connectivity index (χ4v) is 2.16. The molecular formula is C14H16N2O3. The summed E-state index contributed by atoms with van der Waals surface area (Å²) in [5.41, 5.74) is 0.785. The van der Waals surface area contributed by atoms with E-state index in [2.05, 4.69) is 5.32 Å². The molecule has 0 aliphatic rings. The number of carbonyl (C=O) groups is 2. The van der Waals surface area contributed by atoms with Gasteiger partial charge in [-0.05, 0) is 26.0 Å². The van der Waals surface area contributed by atoms with Gasteiger partial charge >= 0.3 is 5.97 Å². The molecule has 1 aromatic carbocycles. The van der Waals surface area contributed by atoms with Crippen molar-refractivity contribution >= 4 is 22.8 Å². The summed E-state index contributed by atoms with van der Waals surface area (Å²) in [6, 6.07) is 6.46. The van der Waals surface area contributed by atoms with Gasteiger partial charge in [-0.25, -0.2) is 4.79 Å². The summed E-state index contributed by atoms with van der Waals surface area (Å²) in [7, 11) is 0. The molecule has 19 heavy (non-hydrogen) atoms. The Morgan fingerprint density at radius 2 is 2.11 bits per heavy atom. The molecule has 1 unspecified atom stereocenters. The number of likely N-dealkylation sites (N-methyl/N-ethyl adjacent to an activating group) is 1. The summed E-state index contributed by atoms with van der Waals surface area (Å²) < 4.78 is 1.70. The predicted molar refractivity (Wildman–Crippen MR) is 72.3 cm³/mol. The second kappa shape index (κ2) is 5.14. The minimum absolute atomic E-state index is 0.125. The van der Waals surface area contributed by atoms with Gasteiger partial charge in [0.25, 0.3) is 0 Å². The van der Waals surface area contributed by atoms with Crippen LogP contribution < -0.4 is 5.32 Å². The Hall–Kier alpha value is -2.30. The monoisotopic (exact) mass is 260 g/mol. The van der Waals surface area contributed by atoms with E-state index in [1.165, 1.54) is 0 Å². The molecule has 5 heteroatoms. The van der Waals surface area contributed by atoms with Gasteiger partial charge in [0.1, 0.15) is 6.04 Å². The number of aromatic carboxylic acids is 1. The third-order valence-corrected chi connectivity index (χ3v) is 3.12. The van der Waals surface area contributed by atoms with Crippen molar-refractivity contribution in [3.63, 3.8) is 0 Å². The number of amides is 1. The number of hydrogen-bond acceptors (Lipinski definition) is 2. The Labute approximate surface area is 110 Å². The number of rotatable bonds is 4. The predicted octanol–water partition coefficient (Wildman–Crippen LogP) is 2.04. The summed E-state index contributed by atoms with van der Waals surface area (Å²) in [6.07, 6.45) is 1.75. The fourth-order valence-electron chi connectivity index (χ4n) is 2.16. The maximum atomic E-state index is 11.9. The number of carboxylic acids is 1. The van der Waals surface area contributed by atoms with E-state index >= 15 is 0 Å². The van der Waals surface area contributed by atoms with Crippen molar-refractivity contribution < 1.29 is 14.7 Å². The zero-order chi connectivity index (χ0) is 14.0. The van der Waals surface area contributed by atoms with Crippen LogP contribution in [0.25, 0.3) is 10.9 Å². The third kappa shape index (κ3) is 2.31. The van der Waals surface area contributed by atoms with Crippen LogP contribution in [0.15, 0.2) is 30.5 Å². The molecule has 0 saturated carbocycles. The fraction of sp³-hybridized carbons (Fsp3) is 0.286. The molecule has 1 atom stereocenters. The summed E-state index contributed by atoms with van der Waals surface area (Å²) in [6.45, 7) is 4.15. The first-order chi connectivity index (χ1) is 9.06. The minimum Gasteiger partial charge on any atom is -0.478 e.